The van der Waals surface area contributed by atoms with Crippen molar-refractivity contribution in [1.82, 2.24) is 4.98 Å². The van der Waals surface area contributed by atoms with E-state index in [-0.39, 0.29) is 11.7 Å². The number of nitrogens with one attached hydrogen (secondary N) is 1. The third-order valence-corrected chi connectivity index (χ3v) is 5.93. The van der Waals surface area contributed by atoms with Crippen LogP contribution in [0.2, 0.25) is 0 Å². The molecule has 0 saturated heterocycles. The molecule has 0 saturated carbocycles. The maximum atomic E-state index is 12.7. The number of nitrogens with zero attached hydrogens (tertiary/aromatic N) is 1. The largest absolute Gasteiger partial charge is 0.322 e. The Morgan fingerprint density at radius 3 is 2.69 bits per heavy atom. The quantitative estimate of drug-likeness (QED) is 0.470. The summed E-state index contributed by atoms with van der Waals surface area (Å²) in [4.78, 5) is 28.7. The third kappa shape index (κ3) is 4.59. The van der Waals surface area contributed by atoms with Crippen LogP contribution >= 0.6 is 23.1 Å². The van der Waals surface area contributed by atoms with Crippen LogP contribution in [0.15, 0.2) is 58.3 Å². The number of thiazole rings is 1. The smallest absolute Gasteiger partial charge is 0.255 e. The molecule has 1 N–H and O–H groups in total. The molecule has 0 atom stereocenters. The zero-order chi connectivity index (χ0) is 18.5. The molecule has 3 rings (SSSR count). The van der Waals surface area contributed by atoms with Crippen LogP contribution in [0.1, 0.15) is 38.9 Å². The summed E-state index contributed by atoms with van der Waals surface area (Å²) in [5.41, 5.74) is 3.77. The topological polar surface area (TPSA) is 59.1 Å². The number of aromatic nitrogens is 1. The van der Waals surface area contributed by atoms with E-state index >= 15 is 0 Å². The zero-order valence-electron chi connectivity index (χ0n) is 14.5. The minimum atomic E-state index is -0.183. The number of hydrogen-bond donors (Lipinski definition) is 1. The number of hydrogen-bond acceptors (Lipinski definition) is 5. The van der Waals surface area contributed by atoms with Gasteiger partial charge in [0.25, 0.3) is 5.91 Å². The van der Waals surface area contributed by atoms with Gasteiger partial charge in [-0.1, -0.05) is 42.1 Å². The predicted octanol–water partition coefficient (Wildman–Crippen LogP) is 5.20. The van der Waals surface area contributed by atoms with Crippen LogP contribution in [0.3, 0.4) is 0 Å². The Kier molecular flexibility index (Phi) is 5.85. The number of benzene rings is 2. The second kappa shape index (κ2) is 8.29. The van der Waals surface area contributed by atoms with Crippen molar-refractivity contribution in [1.29, 1.82) is 0 Å². The first kappa shape index (κ1) is 18.4. The standard InChI is InChI=1S/C20H18N2O2S2/c1-13-11-25-20(21-13)26-12-16-6-3-4-9-18(16)19(24)22-17-8-5-7-15(10-17)14(2)23/h3-11H,12H2,1-2H3,(H,22,24). The van der Waals surface area contributed by atoms with E-state index in [0.29, 0.717) is 22.6 Å². The third-order valence-electron chi connectivity index (χ3n) is 3.74. The molecule has 1 amide bonds. The first-order valence-electron chi connectivity index (χ1n) is 8.08. The van der Waals surface area contributed by atoms with E-state index in [2.05, 4.69) is 10.3 Å². The van der Waals surface area contributed by atoms with E-state index in [1.54, 1.807) is 47.4 Å². The molecule has 4 nitrogen and oxygen atoms in total. The maximum Gasteiger partial charge on any atom is 0.255 e. The van der Waals surface area contributed by atoms with E-state index in [0.717, 1.165) is 15.6 Å². The van der Waals surface area contributed by atoms with Gasteiger partial charge in [0.2, 0.25) is 0 Å². The lowest BCUT2D eigenvalue weighted by atomic mass is 10.1. The van der Waals surface area contributed by atoms with Crippen molar-refractivity contribution in [3.8, 4) is 0 Å². The van der Waals surface area contributed by atoms with Gasteiger partial charge in [-0.3, -0.25) is 9.59 Å². The molecule has 0 spiro atoms. The Bertz CT molecular complexity index is 950. The summed E-state index contributed by atoms with van der Waals surface area (Å²) in [5.74, 6) is 0.457. The van der Waals surface area contributed by atoms with Gasteiger partial charge in [0.05, 0.1) is 0 Å². The summed E-state index contributed by atoms with van der Waals surface area (Å²) in [6.45, 7) is 3.48. The van der Waals surface area contributed by atoms with Gasteiger partial charge in [0.1, 0.15) is 4.34 Å². The van der Waals surface area contributed by atoms with Crippen LogP contribution in [0.25, 0.3) is 0 Å². The summed E-state index contributed by atoms with van der Waals surface area (Å²) in [7, 11) is 0. The Morgan fingerprint density at radius 1 is 1.15 bits per heavy atom. The molecule has 0 aliphatic heterocycles. The minimum absolute atomic E-state index is 0.0309. The molecule has 0 radical (unpaired) electrons. The van der Waals surface area contributed by atoms with E-state index in [1.165, 1.54) is 6.92 Å². The highest BCUT2D eigenvalue weighted by Gasteiger charge is 2.13. The van der Waals surface area contributed by atoms with Crippen LogP contribution in [-0.2, 0) is 5.75 Å². The minimum Gasteiger partial charge on any atom is -0.322 e. The number of Topliss-reactive ketones (excluding diaryl/α,β-unsaturated/α-hetero) is 1. The number of thioether (sulfide) groups is 1. The van der Waals surface area contributed by atoms with Gasteiger partial charge in [-0.05, 0) is 37.6 Å². The molecule has 0 aliphatic rings. The fourth-order valence-electron chi connectivity index (χ4n) is 2.42. The van der Waals surface area contributed by atoms with Crippen molar-refractivity contribution in [3.05, 3.63) is 76.3 Å². The first-order valence-corrected chi connectivity index (χ1v) is 9.94. The van der Waals surface area contributed by atoms with Gasteiger partial charge in [0.15, 0.2) is 5.78 Å². The molecule has 0 bridgehead atoms. The van der Waals surface area contributed by atoms with Crippen LogP contribution in [-0.4, -0.2) is 16.7 Å². The zero-order valence-corrected chi connectivity index (χ0v) is 16.1. The van der Waals surface area contributed by atoms with Crippen molar-refractivity contribution >= 4 is 40.5 Å². The van der Waals surface area contributed by atoms with Crippen LogP contribution in [0, 0.1) is 6.92 Å². The summed E-state index contributed by atoms with van der Waals surface area (Å²) < 4.78 is 0.992. The van der Waals surface area contributed by atoms with Gasteiger partial charge in [-0.15, -0.1) is 11.3 Å². The Labute approximate surface area is 160 Å². The number of ketones is 1. The normalized spacial score (nSPS) is 10.5. The Morgan fingerprint density at radius 2 is 1.96 bits per heavy atom. The molecule has 3 aromatic rings. The van der Waals surface area contributed by atoms with Gasteiger partial charge >= 0.3 is 0 Å². The number of carbonyl (C=O) groups is 2. The number of rotatable bonds is 6. The molecule has 132 valence electrons. The molecule has 6 heteroatoms. The van der Waals surface area contributed by atoms with Crippen LogP contribution < -0.4 is 5.32 Å². The number of anilines is 1. The molecule has 1 aromatic heterocycles. The molecule has 0 fully saturated rings. The van der Waals surface area contributed by atoms with E-state index in [1.807, 2.05) is 36.6 Å². The molecule has 2 aromatic carbocycles. The van der Waals surface area contributed by atoms with Crippen molar-refractivity contribution in [3.63, 3.8) is 0 Å². The molecule has 1 heterocycles. The van der Waals surface area contributed by atoms with Gasteiger partial charge in [-0.25, -0.2) is 4.98 Å². The van der Waals surface area contributed by atoms with E-state index < -0.39 is 0 Å². The Hall–Kier alpha value is -2.44. The number of amides is 1. The van der Waals surface area contributed by atoms with Crippen molar-refractivity contribution in [2.45, 2.75) is 23.9 Å². The number of aryl methyl sites for hydroxylation is 1. The summed E-state index contributed by atoms with van der Waals surface area (Å²) in [6, 6.07) is 14.5. The highest BCUT2D eigenvalue weighted by Crippen LogP contribution is 2.27. The monoisotopic (exact) mass is 382 g/mol. The lowest BCUT2D eigenvalue weighted by Crippen LogP contribution is -2.14. The van der Waals surface area contributed by atoms with Crippen LogP contribution in [0.4, 0.5) is 5.69 Å². The SMILES string of the molecule is CC(=O)c1cccc(NC(=O)c2ccccc2CSc2nc(C)cs2)c1. The molecular formula is C20H18N2O2S2. The highest BCUT2D eigenvalue weighted by atomic mass is 32.2. The van der Waals surface area contributed by atoms with Gasteiger partial charge in [0, 0.05) is 33.6 Å². The molecule has 26 heavy (non-hydrogen) atoms. The fraction of sp³-hybridized carbons (Fsp3) is 0.150. The van der Waals surface area contributed by atoms with Crippen molar-refractivity contribution < 1.29 is 9.59 Å². The van der Waals surface area contributed by atoms with Crippen LogP contribution in [0.5, 0.6) is 0 Å². The maximum absolute atomic E-state index is 12.7. The first-order chi connectivity index (χ1) is 12.5. The highest BCUT2D eigenvalue weighted by molar-refractivity contribution is 8.00. The molecule has 0 unspecified atom stereocenters. The van der Waals surface area contributed by atoms with Crippen molar-refractivity contribution in [2.75, 3.05) is 5.32 Å². The Balaban J connectivity index is 1.75. The second-order valence-electron chi connectivity index (χ2n) is 5.79. The predicted molar refractivity (Wildman–Crippen MR) is 107 cm³/mol. The van der Waals surface area contributed by atoms with E-state index in [9.17, 15) is 9.59 Å². The average molecular weight is 383 g/mol. The van der Waals surface area contributed by atoms with Gasteiger partial charge < -0.3 is 5.32 Å². The van der Waals surface area contributed by atoms with Gasteiger partial charge in [-0.2, -0.15) is 0 Å². The summed E-state index contributed by atoms with van der Waals surface area (Å²) in [6.07, 6.45) is 0. The van der Waals surface area contributed by atoms with Crippen molar-refractivity contribution in [2.24, 2.45) is 0 Å². The summed E-state index contributed by atoms with van der Waals surface area (Å²) >= 11 is 3.23. The van der Waals surface area contributed by atoms with E-state index in [4.69, 9.17) is 0 Å². The molecular weight excluding hydrogens is 364 g/mol. The summed E-state index contributed by atoms with van der Waals surface area (Å²) in [5, 5.41) is 4.90. The average Bonchev–Trinajstić information content (AvgIpc) is 3.05. The lowest BCUT2D eigenvalue weighted by molar-refractivity contribution is 0.101. The second-order valence-corrected chi connectivity index (χ2v) is 7.87. The number of carbonyl (C=O) groups excluding carboxylic acids is 2. The molecule has 0 aliphatic carbocycles. The lowest BCUT2D eigenvalue weighted by Gasteiger charge is -2.10. The fourth-order valence-corrected chi connectivity index (χ4v) is 4.27.